The molecule has 2 aromatic carbocycles. The molecule has 0 atom stereocenters. The first-order valence-electron chi connectivity index (χ1n) is 9.77. The Morgan fingerprint density at radius 2 is 1.81 bits per heavy atom. The molecule has 8 heteroatoms. The standard InChI is InChI=1S/C23H19F3N4O/c24-23(25,26)16-7-4-8-17(15-16)28-21(31)13-5-12-20-29-19-11-6-14-27-22(19)30(20)18-9-2-1-3-10-18/h1-4,6-11,14-15H,5,12-13H2,(H,28,31). The minimum Gasteiger partial charge on any atom is -0.326 e. The summed E-state index contributed by atoms with van der Waals surface area (Å²) in [6.07, 6.45) is -1.59. The van der Waals surface area contributed by atoms with E-state index >= 15 is 0 Å². The fraction of sp³-hybridized carbons (Fsp3) is 0.174. The Balaban J connectivity index is 1.45. The van der Waals surface area contributed by atoms with Gasteiger partial charge in [0, 0.05) is 30.4 Å². The van der Waals surface area contributed by atoms with E-state index in [0.29, 0.717) is 12.8 Å². The van der Waals surface area contributed by atoms with Gasteiger partial charge in [0.1, 0.15) is 11.3 Å². The number of imidazole rings is 1. The van der Waals surface area contributed by atoms with Crippen LogP contribution in [0.5, 0.6) is 0 Å². The van der Waals surface area contributed by atoms with Crippen molar-refractivity contribution >= 4 is 22.8 Å². The predicted octanol–water partition coefficient (Wildman–Crippen LogP) is 5.40. The molecule has 1 amide bonds. The van der Waals surface area contributed by atoms with E-state index < -0.39 is 11.7 Å². The molecule has 1 N–H and O–H groups in total. The number of halogens is 3. The van der Waals surface area contributed by atoms with Crippen LogP contribution >= 0.6 is 0 Å². The van der Waals surface area contributed by atoms with Gasteiger partial charge in [0.25, 0.3) is 0 Å². The maximum absolute atomic E-state index is 12.8. The van der Waals surface area contributed by atoms with Crippen molar-refractivity contribution in [2.24, 2.45) is 0 Å². The van der Waals surface area contributed by atoms with Gasteiger partial charge in [-0.2, -0.15) is 13.2 Å². The summed E-state index contributed by atoms with van der Waals surface area (Å²) in [5.74, 6) is 0.423. The fourth-order valence-electron chi connectivity index (χ4n) is 3.38. The number of nitrogens with one attached hydrogen (secondary N) is 1. The largest absolute Gasteiger partial charge is 0.416 e. The number of pyridine rings is 1. The number of benzene rings is 2. The van der Waals surface area contributed by atoms with Gasteiger partial charge in [-0.3, -0.25) is 9.36 Å². The highest BCUT2D eigenvalue weighted by atomic mass is 19.4. The lowest BCUT2D eigenvalue weighted by Gasteiger charge is -2.10. The van der Waals surface area contributed by atoms with Gasteiger partial charge >= 0.3 is 6.18 Å². The smallest absolute Gasteiger partial charge is 0.326 e. The first kappa shape index (κ1) is 20.6. The van der Waals surface area contributed by atoms with Crippen molar-refractivity contribution in [2.45, 2.75) is 25.4 Å². The third-order valence-electron chi connectivity index (χ3n) is 4.78. The maximum atomic E-state index is 12.8. The highest BCUT2D eigenvalue weighted by molar-refractivity contribution is 5.90. The van der Waals surface area contributed by atoms with Gasteiger partial charge in [-0.25, -0.2) is 9.97 Å². The van der Waals surface area contributed by atoms with Gasteiger partial charge in [0.15, 0.2) is 5.65 Å². The maximum Gasteiger partial charge on any atom is 0.416 e. The summed E-state index contributed by atoms with van der Waals surface area (Å²) >= 11 is 0. The molecule has 0 bridgehead atoms. The van der Waals surface area contributed by atoms with Crippen molar-refractivity contribution in [3.05, 3.63) is 84.3 Å². The minimum atomic E-state index is -4.45. The molecule has 0 spiro atoms. The monoisotopic (exact) mass is 424 g/mol. The number of carbonyl (C=O) groups excluding carboxylic acids is 1. The zero-order chi connectivity index (χ0) is 21.8. The molecule has 2 aromatic heterocycles. The number of alkyl halides is 3. The Morgan fingerprint density at radius 1 is 1.00 bits per heavy atom. The van der Waals surface area contributed by atoms with E-state index in [9.17, 15) is 18.0 Å². The van der Waals surface area contributed by atoms with Gasteiger partial charge in [-0.15, -0.1) is 0 Å². The Labute approximate surface area is 176 Å². The zero-order valence-corrected chi connectivity index (χ0v) is 16.4. The second kappa shape index (κ2) is 8.59. The number of para-hydroxylation sites is 1. The van der Waals surface area contributed by atoms with E-state index in [-0.39, 0.29) is 18.0 Å². The normalized spacial score (nSPS) is 11.6. The number of fused-ring (bicyclic) bond motifs is 1. The lowest BCUT2D eigenvalue weighted by Crippen LogP contribution is -2.13. The number of rotatable bonds is 6. The molecule has 31 heavy (non-hydrogen) atoms. The van der Waals surface area contributed by atoms with Crippen molar-refractivity contribution in [1.29, 1.82) is 0 Å². The molecule has 0 saturated heterocycles. The van der Waals surface area contributed by atoms with E-state index in [2.05, 4.69) is 15.3 Å². The Kier molecular flexibility index (Phi) is 5.70. The predicted molar refractivity (Wildman–Crippen MR) is 112 cm³/mol. The van der Waals surface area contributed by atoms with Crippen LogP contribution < -0.4 is 5.32 Å². The topological polar surface area (TPSA) is 59.8 Å². The summed E-state index contributed by atoms with van der Waals surface area (Å²) < 4.78 is 40.5. The molecule has 4 aromatic rings. The number of hydrogen-bond donors (Lipinski definition) is 1. The summed E-state index contributed by atoms with van der Waals surface area (Å²) in [6.45, 7) is 0. The van der Waals surface area contributed by atoms with Gasteiger partial charge in [0.05, 0.1) is 5.56 Å². The Hall–Kier alpha value is -3.68. The van der Waals surface area contributed by atoms with Crippen LogP contribution in [0.15, 0.2) is 72.9 Å². The molecule has 0 aliphatic carbocycles. The number of anilines is 1. The van der Waals surface area contributed by atoms with Crippen LogP contribution in [0.3, 0.4) is 0 Å². The van der Waals surface area contributed by atoms with E-state index in [0.717, 1.165) is 34.8 Å². The van der Waals surface area contributed by atoms with E-state index in [1.54, 1.807) is 6.20 Å². The molecule has 0 radical (unpaired) electrons. The summed E-state index contributed by atoms with van der Waals surface area (Å²) in [5.41, 5.74) is 1.74. The second-order valence-corrected chi connectivity index (χ2v) is 7.03. The van der Waals surface area contributed by atoms with Crippen LogP contribution in [0.1, 0.15) is 24.2 Å². The minimum absolute atomic E-state index is 0.126. The average Bonchev–Trinajstić information content (AvgIpc) is 3.12. The zero-order valence-electron chi connectivity index (χ0n) is 16.4. The highest BCUT2D eigenvalue weighted by Crippen LogP contribution is 2.30. The van der Waals surface area contributed by atoms with Crippen molar-refractivity contribution in [1.82, 2.24) is 14.5 Å². The molecule has 4 rings (SSSR count). The number of nitrogens with zero attached hydrogens (tertiary/aromatic N) is 3. The average molecular weight is 424 g/mol. The third kappa shape index (κ3) is 4.74. The van der Waals surface area contributed by atoms with Gasteiger partial charge < -0.3 is 5.32 Å². The SMILES string of the molecule is O=C(CCCc1nc2cccnc2n1-c1ccccc1)Nc1cccc(C(F)(F)F)c1. The van der Waals surface area contributed by atoms with Gasteiger partial charge in [-0.05, 0) is 48.9 Å². The van der Waals surface area contributed by atoms with Crippen LogP contribution in [0.2, 0.25) is 0 Å². The lowest BCUT2D eigenvalue weighted by molar-refractivity contribution is -0.137. The third-order valence-corrected chi connectivity index (χ3v) is 4.78. The van der Waals surface area contributed by atoms with Gasteiger partial charge in [0.2, 0.25) is 5.91 Å². The van der Waals surface area contributed by atoms with Crippen LogP contribution in [-0.4, -0.2) is 20.4 Å². The molecule has 0 aliphatic rings. The highest BCUT2D eigenvalue weighted by Gasteiger charge is 2.30. The molecule has 0 unspecified atom stereocenters. The van der Waals surface area contributed by atoms with Crippen molar-refractivity contribution in [3.8, 4) is 5.69 Å². The van der Waals surface area contributed by atoms with E-state index in [1.807, 2.05) is 47.0 Å². The summed E-state index contributed by atoms with van der Waals surface area (Å²) in [4.78, 5) is 21.3. The van der Waals surface area contributed by atoms with Crippen molar-refractivity contribution in [3.63, 3.8) is 0 Å². The number of aryl methyl sites for hydroxylation is 1. The lowest BCUT2D eigenvalue weighted by atomic mass is 10.1. The van der Waals surface area contributed by atoms with Crippen LogP contribution in [-0.2, 0) is 17.4 Å². The second-order valence-electron chi connectivity index (χ2n) is 7.03. The molecule has 5 nitrogen and oxygen atoms in total. The number of hydrogen-bond acceptors (Lipinski definition) is 3. The molecule has 0 fully saturated rings. The van der Waals surface area contributed by atoms with Gasteiger partial charge in [-0.1, -0.05) is 24.3 Å². The van der Waals surface area contributed by atoms with Crippen molar-refractivity contribution in [2.75, 3.05) is 5.32 Å². The molecular weight excluding hydrogens is 405 g/mol. The van der Waals surface area contributed by atoms with Crippen LogP contribution in [0.25, 0.3) is 16.9 Å². The molecular formula is C23H19F3N4O. The summed E-state index contributed by atoms with van der Waals surface area (Å²) in [5, 5.41) is 2.54. The number of aromatic nitrogens is 3. The Bertz CT molecular complexity index is 1200. The van der Waals surface area contributed by atoms with E-state index in [4.69, 9.17) is 0 Å². The summed E-state index contributed by atoms with van der Waals surface area (Å²) in [6, 6.07) is 18.0. The first-order valence-corrected chi connectivity index (χ1v) is 9.77. The first-order chi connectivity index (χ1) is 14.9. The molecule has 0 aliphatic heterocycles. The quantitative estimate of drug-likeness (QED) is 0.451. The molecule has 2 heterocycles. The number of carbonyl (C=O) groups is 1. The Morgan fingerprint density at radius 3 is 2.58 bits per heavy atom. The van der Waals surface area contributed by atoms with E-state index in [1.165, 1.54) is 12.1 Å². The van der Waals surface area contributed by atoms with Crippen LogP contribution in [0.4, 0.5) is 18.9 Å². The number of amides is 1. The molecule has 158 valence electrons. The van der Waals surface area contributed by atoms with Crippen molar-refractivity contribution < 1.29 is 18.0 Å². The molecule has 0 saturated carbocycles. The summed E-state index contributed by atoms with van der Waals surface area (Å²) in [7, 11) is 0. The van der Waals surface area contributed by atoms with Crippen LogP contribution in [0, 0.1) is 0 Å². The fourth-order valence-corrected chi connectivity index (χ4v) is 3.38.